The van der Waals surface area contributed by atoms with Crippen molar-refractivity contribution >= 4 is 41.0 Å². The number of urea groups is 1. The van der Waals surface area contributed by atoms with Crippen molar-refractivity contribution in [1.82, 2.24) is 9.80 Å². The lowest BCUT2D eigenvalue weighted by molar-refractivity contribution is -0.151. The summed E-state index contributed by atoms with van der Waals surface area (Å²) < 4.78 is 0. The van der Waals surface area contributed by atoms with Crippen LogP contribution in [0.3, 0.4) is 0 Å². The molecule has 8 heteroatoms. The third-order valence-corrected chi connectivity index (χ3v) is 3.35. The molecule has 110 valence electrons. The van der Waals surface area contributed by atoms with Gasteiger partial charge in [-0.1, -0.05) is 11.6 Å². The van der Waals surface area contributed by atoms with Crippen molar-refractivity contribution in [3.05, 3.63) is 29.3 Å². The average Bonchev–Trinajstić information content (AvgIpc) is 2.46. The van der Waals surface area contributed by atoms with Gasteiger partial charge >= 0.3 is 6.03 Å². The Balaban J connectivity index is 2.21. The monoisotopic (exact) mass is 309 g/mol. The van der Waals surface area contributed by atoms with Crippen molar-refractivity contribution in [2.45, 2.75) is 0 Å². The Labute approximate surface area is 125 Å². The van der Waals surface area contributed by atoms with Gasteiger partial charge in [-0.15, -0.1) is 0 Å². The fourth-order valence-corrected chi connectivity index (χ4v) is 2.00. The van der Waals surface area contributed by atoms with Crippen molar-refractivity contribution in [2.24, 2.45) is 5.92 Å². The summed E-state index contributed by atoms with van der Waals surface area (Å²) in [5.41, 5.74) is 0.396. The number of rotatable bonds is 2. The summed E-state index contributed by atoms with van der Waals surface area (Å²) in [6.07, 6.45) is 0. The minimum absolute atomic E-state index is 0.396. The van der Waals surface area contributed by atoms with Crippen molar-refractivity contribution in [2.75, 3.05) is 19.4 Å². The molecule has 1 aromatic rings. The number of hydrogen-bond acceptors (Lipinski definition) is 4. The third kappa shape index (κ3) is 2.73. The Bertz CT molecular complexity index is 605. The Morgan fingerprint density at radius 2 is 1.52 bits per heavy atom. The first-order valence-corrected chi connectivity index (χ1v) is 6.36. The smallest absolute Gasteiger partial charge is 0.325 e. The van der Waals surface area contributed by atoms with Crippen LogP contribution >= 0.6 is 11.6 Å². The summed E-state index contributed by atoms with van der Waals surface area (Å²) in [4.78, 5) is 49.1. The Hall–Kier alpha value is -2.41. The van der Waals surface area contributed by atoms with Crippen LogP contribution in [0, 0.1) is 5.92 Å². The lowest BCUT2D eigenvalue weighted by Crippen LogP contribution is -2.59. The van der Waals surface area contributed by atoms with Crippen molar-refractivity contribution < 1.29 is 19.2 Å². The largest absolute Gasteiger partial charge is 0.332 e. The zero-order chi connectivity index (χ0) is 15.7. The molecule has 0 aliphatic carbocycles. The molecule has 1 fully saturated rings. The van der Waals surface area contributed by atoms with E-state index < -0.39 is 29.7 Å². The van der Waals surface area contributed by atoms with Crippen molar-refractivity contribution in [1.29, 1.82) is 0 Å². The van der Waals surface area contributed by atoms with Crippen LogP contribution in [0.15, 0.2) is 24.3 Å². The van der Waals surface area contributed by atoms with Crippen LogP contribution < -0.4 is 5.32 Å². The molecular weight excluding hydrogens is 298 g/mol. The number of benzene rings is 1. The summed E-state index contributed by atoms with van der Waals surface area (Å²) in [5.74, 6) is -4.07. The highest BCUT2D eigenvalue weighted by Gasteiger charge is 2.46. The molecule has 1 aliphatic heterocycles. The Kier molecular flexibility index (Phi) is 3.95. The first kappa shape index (κ1) is 15.0. The summed E-state index contributed by atoms with van der Waals surface area (Å²) in [6.45, 7) is 0. The number of barbiturate groups is 1. The summed E-state index contributed by atoms with van der Waals surface area (Å²) >= 11 is 5.73. The van der Waals surface area contributed by atoms with Crippen LogP contribution in [-0.2, 0) is 14.4 Å². The molecule has 1 saturated heterocycles. The highest BCUT2D eigenvalue weighted by atomic mass is 35.5. The number of halogens is 1. The molecule has 21 heavy (non-hydrogen) atoms. The van der Waals surface area contributed by atoms with Crippen molar-refractivity contribution in [3.8, 4) is 0 Å². The molecule has 0 bridgehead atoms. The number of carbonyl (C=O) groups is 4. The van der Waals surface area contributed by atoms with Gasteiger partial charge in [-0.3, -0.25) is 24.2 Å². The third-order valence-electron chi connectivity index (χ3n) is 3.10. The summed E-state index contributed by atoms with van der Waals surface area (Å²) in [7, 11) is 2.44. The topological polar surface area (TPSA) is 86.8 Å². The summed E-state index contributed by atoms with van der Waals surface area (Å²) in [5, 5.41) is 2.94. The van der Waals surface area contributed by atoms with Crippen LogP contribution in [0.25, 0.3) is 0 Å². The Morgan fingerprint density at radius 1 is 1.05 bits per heavy atom. The van der Waals surface area contributed by atoms with E-state index >= 15 is 0 Å². The zero-order valence-electron chi connectivity index (χ0n) is 11.3. The predicted octanol–water partition coefficient (Wildman–Crippen LogP) is 0.945. The molecule has 2 rings (SSSR count). The molecule has 5 amide bonds. The molecule has 0 spiro atoms. The average molecular weight is 310 g/mol. The van der Waals surface area contributed by atoms with Gasteiger partial charge < -0.3 is 5.32 Å². The van der Waals surface area contributed by atoms with E-state index in [2.05, 4.69) is 5.32 Å². The number of anilines is 1. The maximum atomic E-state index is 12.1. The molecular formula is C13H12ClN3O4. The van der Waals surface area contributed by atoms with Gasteiger partial charge in [-0.2, -0.15) is 0 Å². The van der Waals surface area contributed by atoms with Crippen LogP contribution in [0.5, 0.6) is 0 Å². The molecule has 0 radical (unpaired) electrons. The molecule has 0 unspecified atom stereocenters. The number of nitrogens with one attached hydrogen (secondary N) is 1. The predicted molar refractivity (Wildman–Crippen MR) is 74.5 cm³/mol. The quantitative estimate of drug-likeness (QED) is 0.824. The van der Waals surface area contributed by atoms with E-state index in [1.807, 2.05) is 0 Å². The van der Waals surface area contributed by atoms with Gasteiger partial charge in [0, 0.05) is 24.8 Å². The van der Waals surface area contributed by atoms with E-state index in [-0.39, 0.29) is 0 Å². The zero-order valence-corrected chi connectivity index (χ0v) is 12.0. The number of imide groups is 2. The van der Waals surface area contributed by atoms with E-state index in [4.69, 9.17) is 11.6 Å². The van der Waals surface area contributed by atoms with Gasteiger partial charge in [0.05, 0.1) is 0 Å². The minimum Gasteiger partial charge on any atom is -0.325 e. The molecule has 1 N–H and O–H groups in total. The SMILES string of the molecule is CN1C(=O)C(C(=O)Nc2ccc(Cl)cc2)C(=O)N(C)C1=O. The highest BCUT2D eigenvalue weighted by Crippen LogP contribution is 2.19. The van der Waals surface area contributed by atoms with Crippen molar-refractivity contribution in [3.63, 3.8) is 0 Å². The number of amides is 5. The minimum atomic E-state index is -1.58. The number of hydrogen-bond donors (Lipinski definition) is 1. The van der Waals surface area contributed by atoms with Crippen LogP contribution in [-0.4, -0.2) is 47.6 Å². The lowest BCUT2D eigenvalue weighted by Gasteiger charge is -2.32. The van der Waals surface area contributed by atoms with Crippen LogP contribution in [0.4, 0.5) is 10.5 Å². The second kappa shape index (κ2) is 5.53. The van der Waals surface area contributed by atoms with Gasteiger partial charge in [-0.05, 0) is 24.3 Å². The lowest BCUT2D eigenvalue weighted by atomic mass is 10.0. The molecule has 0 aromatic heterocycles. The first-order chi connectivity index (χ1) is 9.82. The maximum Gasteiger partial charge on any atom is 0.332 e. The molecule has 1 heterocycles. The normalized spacial score (nSPS) is 16.4. The van der Waals surface area contributed by atoms with Gasteiger partial charge in [-0.25, -0.2) is 4.79 Å². The van der Waals surface area contributed by atoms with Gasteiger partial charge in [0.2, 0.25) is 5.91 Å². The van der Waals surface area contributed by atoms with Crippen LogP contribution in [0.1, 0.15) is 0 Å². The fraction of sp³-hybridized carbons (Fsp3) is 0.231. The van der Waals surface area contributed by atoms with Gasteiger partial charge in [0.1, 0.15) is 0 Å². The van der Waals surface area contributed by atoms with Crippen LogP contribution in [0.2, 0.25) is 5.02 Å². The van der Waals surface area contributed by atoms with E-state index in [9.17, 15) is 19.2 Å². The molecule has 1 aromatic carbocycles. The maximum absolute atomic E-state index is 12.1. The van der Waals surface area contributed by atoms with E-state index in [0.29, 0.717) is 10.7 Å². The molecule has 0 saturated carbocycles. The second-order valence-electron chi connectivity index (χ2n) is 4.51. The van der Waals surface area contributed by atoms with E-state index in [1.54, 1.807) is 12.1 Å². The van der Waals surface area contributed by atoms with Gasteiger partial charge in [0.15, 0.2) is 5.92 Å². The first-order valence-electron chi connectivity index (χ1n) is 5.98. The molecule has 7 nitrogen and oxygen atoms in total. The van der Waals surface area contributed by atoms with Gasteiger partial charge in [0.25, 0.3) is 11.8 Å². The number of nitrogens with zero attached hydrogens (tertiary/aromatic N) is 2. The summed E-state index contributed by atoms with van der Waals surface area (Å²) in [6, 6.07) is 5.43. The van der Waals surface area contributed by atoms with E-state index in [0.717, 1.165) is 9.80 Å². The molecule has 0 atom stereocenters. The molecule has 1 aliphatic rings. The highest BCUT2D eigenvalue weighted by molar-refractivity contribution is 6.30. The van der Waals surface area contributed by atoms with E-state index in [1.165, 1.54) is 26.2 Å². The Morgan fingerprint density at radius 3 is 2.00 bits per heavy atom. The second-order valence-corrected chi connectivity index (χ2v) is 4.94. The number of carbonyl (C=O) groups excluding carboxylic acids is 4. The standard InChI is InChI=1S/C13H12ClN3O4/c1-16-11(19)9(12(20)17(2)13(16)21)10(18)15-8-5-3-7(14)4-6-8/h3-6,9H,1-2H3,(H,15,18). The fourth-order valence-electron chi connectivity index (χ4n) is 1.88.